The fourth-order valence-corrected chi connectivity index (χ4v) is 2.78. The van der Waals surface area contributed by atoms with Gasteiger partial charge in [0.1, 0.15) is 0 Å². The number of hydrogen-bond acceptors (Lipinski definition) is 3. The quantitative estimate of drug-likeness (QED) is 0.868. The minimum Gasteiger partial charge on any atom is -0.324 e. The maximum atomic E-state index is 6.17. The van der Waals surface area contributed by atoms with E-state index in [1.807, 2.05) is 13.0 Å². The van der Waals surface area contributed by atoms with Crippen LogP contribution in [0.2, 0.25) is 0 Å². The number of halogens is 1. The third-order valence-corrected chi connectivity index (χ3v) is 3.87. The van der Waals surface area contributed by atoms with Gasteiger partial charge in [-0.15, -0.1) is 11.3 Å². The maximum absolute atomic E-state index is 6.17. The van der Waals surface area contributed by atoms with Crippen molar-refractivity contribution in [2.45, 2.75) is 19.4 Å². The average Bonchev–Trinajstić information content (AvgIpc) is 2.64. The van der Waals surface area contributed by atoms with Gasteiger partial charge in [-0.3, -0.25) is 0 Å². The molecule has 0 fully saturated rings. The standard InChI is InChI=1S/C12H13IN2S/c1-8-15-11(7-16-8)6-12(14)9-3-2-4-10(13)5-9/h2-5,7,12H,6,14H2,1H3. The summed E-state index contributed by atoms with van der Waals surface area (Å²) in [5, 5.41) is 3.19. The average molecular weight is 344 g/mol. The third kappa shape index (κ3) is 3.02. The lowest BCUT2D eigenvalue weighted by atomic mass is 10.0. The number of nitrogens with zero attached hydrogens (tertiary/aromatic N) is 1. The zero-order valence-corrected chi connectivity index (χ0v) is 12.0. The van der Waals surface area contributed by atoms with Crippen molar-refractivity contribution in [3.05, 3.63) is 49.5 Å². The summed E-state index contributed by atoms with van der Waals surface area (Å²) < 4.78 is 1.22. The van der Waals surface area contributed by atoms with Gasteiger partial charge >= 0.3 is 0 Å². The molecule has 2 aromatic rings. The molecule has 1 aromatic carbocycles. The topological polar surface area (TPSA) is 38.9 Å². The summed E-state index contributed by atoms with van der Waals surface area (Å²) >= 11 is 3.98. The first kappa shape index (κ1) is 12.0. The molecule has 0 saturated heterocycles. The van der Waals surface area contributed by atoms with Gasteiger partial charge in [0.15, 0.2) is 0 Å². The van der Waals surface area contributed by atoms with E-state index in [-0.39, 0.29) is 6.04 Å². The first-order valence-corrected chi connectivity index (χ1v) is 7.03. The highest BCUT2D eigenvalue weighted by Gasteiger charge is 2.09. The predicted molar refractivity (Wildman–Crippen MR) is 76.6 cm³/mol. The van der Waals surface area contributed by atoms with Gasteiger partial charge in [0.25, 0.3) is 0 Å². The van der Waals surface area contributed by atoms with Crippen molar-refractivity contribution >= 4 is 33.9 Å². The van der Waals surface area contributed by atoms with Crippen LogP contribution in [0.15, 0.2) is 29.6 Å². The Morgan fingerprint density at radius 3 is 2.94 bits per heavy atom. The molecule has 1 unspecified atom stereocenters. The summed E-state index contributed by atoms with van der Waals surface area (Å²) in [5.41, 5.74) is 8.44. The van der Waals surface area contributed by atoms with Gasteiger partial charge in [0.05, 0.1) is 10.7 Å². The molecule has 0 radical (unpaired) electrons. The molecule has 16 heavy (non-hydrogen) atoms. The second kappa shape index (κ2) is 5.25. The highest BCUT2D eigenvalue weighted by Crippen LogP contribution is 2.19. The molecule has 1 aromatic heterocycles. The van der Waals surface area contributed by atoms with E-state index in [4.69, 9.17) is 5.73 Å². The molecule has 0 spiro atoms. The number of rotatable bonds is 3. The molecule has 4 heteroatoms. The Kier molecular flexibility index (Phi) is 3.94. The van der Waals surface area contributed by atoms with Crippen molar-refractivity contribution in [1.82, 2.24) is 4.98 Å². The zero-order chi connectivity index (χ0) is 11.5. The number of aromatic nitrogens is 1. The number of nitrogens with two attached hydrogens (primary N) is 1. The van der Waals surface area contributed by atoms with Crippen LogP contribution in [0.4, 0.5) is 0 Å². The first-order valence-electron chi connectivity index (χ1n) is 5.07. The second-order valence-corrected chi connectivity index (χ2v) is 6.03. The van der Waals surface area contributed by atoms with Gasteiger partial charge in [-0.25, -0.2) is 4.98 Å². The largest absolute Gasteiger partial charge is 0.324 e. The molecule has 0 bridgehead atoms. The van der Waals surface area contributed by atoms with Crippen molar-refractivity contribution in [1.29, 1.82) is 0 Å². The van der Waals surface area contributed by atoms with E-state index in [2.05, 4.69) is 51.2 Å². The highest BCUT2D eigenvalue weighted by atomic mass is 127. The summed E-state index contributed by atoms with van der Waals surface area (Å²) in [5.74, 6) is 0. The van der Waals surface area contributed by atoms with Gasteiger partial charge in [-0.2, -0.15) is 0 Å². The van der Waals surface area contributed by atoms with Crippen LogP contribution in [0, 0.1) is 10.5 Å². The van der Waals surface area contributed by atoms with Gasteiger partial charge in [0.2, 0.25) is 0 Å². The molecule has 0 amide bonds. The SMILES string of the molecule is Cc1nc(CC(N)c2cccc(I)c2)cs1. The zero-order valence-electron chi connectivity index (χ0n) is 8.98. The molecule has 2 rings (SSSR count). The number of thiazole rings is 1. The van der Waals surface area contributed by atoms with Gasteiger partial charge in [-0.05, 0) is 47.2 Å². The molecule has 84 valence electrons. The van der Waals surface area contributed by atoms with Crippen LogP contribution in [0.1, 0.15) is 22.3 Å². The van der Waals surface area contributed by atoms with Crippen molar-refractivity contribution in [3.8, 4) is 0 Å². The monoisotopic (exact) mass is 344 g/mol. The third-order valence-electron chi connectivity index (χ3n) is 2.37. The first-order chi connectivity index (χ1) is 7.65. The van der Waals surface area contributed by atoms with Crippen molar-refractivity contribution in [2.75, 3.05) is 0 Å². The lowest BCUT2D eigenvalue weighted by Gasteiger charge is -2.10. The summed E-state index contributed by atoms with van der Waals surface area (Å²) in [4.78, 5) is 4.44. The van der Waals surface area contributed by atoms with Gasteiger partial charge < -0.3 is 5.73 Å². The van der Waals surface area contributed by atoms with Gasteiger partial charge in [0, 0.05) is 21.4 Å². The molecule has 0 saturated carbocycles. The van der Waals surface area contributed by atoms with Crippen molar-refractivity contribution in [2.24, 2.45) is 5.73 Å². The van der Waals surface area contributed by atoms with Crippen LogP contribution in [0.5, 0.6) is 0 Å². The smallest absolute Gasteiger partial charge is 0.0897 e. The lowest BCUT2D eigenvalue weighted by molar-refractivity contribution is 0.708. The summed E-state index contributed by atoms with van der Waals surface area (Å²) in [6.45, 7) is 2.02. The number of aryl methyl sites for hydroxylation is 1. The van der Waals surface area contributed by atoms with E-state index in [1.54, 1.807) is 11.3 Å². The van der Waals surface area contributed by atoms with E-state index in [0.717, 1.165) is 17.1 Å². The van der Waals surface area contributed by atoms with Crippen LogP contribution >= 0.6 is 33.9 Å². The van der Waals surface area contributed by atoms with Crippen LogP contribution in [-0.4, -0.2) is 4.98 Å². The van der Waals surface area contributed by atoms with Crippen LogP contribution in [0.25, 0.3) is 0 Å². The van der Waals surface area contributed by atoms with E-state index >= 15 is 0 Å². The number of hydrogen-bond donors (Lipinski definition) is 1. The molecule has 0 aliphatic heterocycles. The molecule has 1 atom stereocenters. The molecular formula is C12H13IN2S. The van der Waals surface area contributed by atoms with E-state index < -0.39 is 0 Å². The molecule has 0 aliphatic rings. The second-order valence-electron chi connectivity index (χ2n) is 3.72. The Bertz CT molecular complexity index is 481. The summed E-state index contributed by atoms with van der Waals surface area (Å²) in [7, 11) is 0. The van der Waals surface area contributed by atoms with Crippen LogP contribution < -0.4 is 5.73 Å². The number of benzene rings is 1. The highest BCUT2D eigenvalue weighted by molar-refractivity contribution is 14.1. The Labute approximate surface area is 113 Å². The molecular weight excluding hydrogens is 331 g/mol. The molecule has 2 N–H and O–H groups in total. The minimum atomic E-state index is 0.0382. The molecule has 1 heterocycles. The molecule has 2 nitrogen and oxygen atoms in total. The normalized spacial score (nSPS) is 12.7. The summed E-state index contributed by atoms with van der Waals surface area (Å²) in [6.07, 6.45) is 0.810. The summed E-state index contributed by atoms with van der Waals surface area (Å²) in [6, 6.07) is 8.36. The van der Waals surface area contributed by atoms with Crippen LogP contribution in [-0.2, 0) is 6.42 Å². The fourth-order valence-electron chi connectivity index (χ4n) is 1.58. The predicted octanol–water partition coefficient (Wildman–Crippen LogP) is 3.30. The van der Waals surface area contributed by atoms with E-state index in [9.17, 15) is 0 Å². The maximum Gasteiger partial charge on any atom is 0.0897 e. The van der Waals surface area contributed by atoms with E-state index in [0.29, 0.717) is 0 Å². The van der Waals surface area contributed by atoms with E-state index in [1.165, 1.54) is 9.13 Å². The Balaban J connectivity index is 2.11. The molecule has 0 aliphatic carbocycles. The van der Waals surface area contributed by atoms with Crippen molar-refractivity contribution < 1.29 is 0 Å². The fraction of sp³-hybridized carbons (Fsp3) is 0.250. The van der Waals surface area contributed by atoms with Crippen molar-refractivity contribution in [3.63, 3.8) is 0 Å². The Hall–Kier alpha value is -0.460. The lowest BCUT2D eigenvalue weighted by Crippen LogP contribution is -2.13. The van der Waals surface area contributed by atoms with Gasteiger partial charge in [-0.1, -0.05) is 12.1 Å². The Morgan fingerprint density at radius 2 is 2.31 bits per heavy atom. The Morgan fingerprint density at radius 1 is 1.50 bits per heavy atom. The van der Waals surface area contributed by atoms with Crippen LogP contribution in [0.3, 0.4) is 0 Å². The minimum absolute atomic E-state index is 0.0382.